The van der Waals surface area contributed by atoms with Crippen LogP contribution < -0.4 is 0 Å². The van der Waals surface area contributed by atoms with Crippen molar-refractivity contribution in [3.05, 3.63) is 62.6 Å². The highest BCUT2D eigenvalue weighted by Gasteiger charge is 2.22. The van der Waals surface area contributed by atoms with Crippen LogP contribution in [0.15, 0.2) is 35.1 Å². The molecule has 8 heteroatoms. The minimum Gasteiger partial charge on any atom is -0.372 e. The molecule has 0 spiro atoms. The molecule has 0 atom stereocenters. The molecular weight excluding hydrogens is 467 g/mol. The molecule has 28 heavy (non-hydrogen) atoms. The van der Waals surface area contributed by atoms with Crippen molar-refractivity contribution in [1.82, 2.24) is 9.55 Å². The Labute approximate surface area is 180 Å². The average Bonchev–Trinajstić information content (AvgIpc) is 3.03. The van der Waals surface area contributed by atoms with E-state index in [1.165, 1.54) is 6.33 Å². The second-order valence-electron chi connectivity index (χ2n) is 6.32. The van der Waals surface area contributed by atoms with Crippen molar-refractivity contribution in [2.45, 2.75) is 6.42 Å². The molecule has 3 aromatic rings. The van der Waals surface area contributed by atoms with Gasteiger partial charge >= 0.3 is 0 Å². The Balaban J connectivity index is 2.03. The minimum absolute atomic E-state index is 0.0928. The van der Waals surface area contributed by atoms with Gasteiger partial charge in [0, 0.05) is 39.8 Å². The highest BCUT2D eigenvalue weighted by molar-refractivity contribution is 9.10. The third-order valence-corrected chi connectivity index (χ3v) is 5.83. The maximum absolute atomic E-state index is 15.3. The smallest absolute Gasteiger partial charge is 0.188 e. The molecule has 1 aromatic heterocycles. The summed E-state index contributed by atoms with van der Waals surface area (Å²) >= 11 is 11.3. The van der Waals surface area contributed by atoms with E-state index in [1.54, 1.807) is 35.5 Å². The quantitative estimate of drug-likeness (QED) is 0.322. The number of halogens is 3. The molecule has 0 aliphatic heterocycles. The molecule has 3 rings (SSSR count). The Bertz CT molecular complexity index is 1030. The SMILES string of the molecule is CSCCOCC(=O)c1cc2c(ncn2C)c(F)c1Cc1ccc(Br)cc1Cl. The Morgan fingerprint density at radius 2 is 2.18 bits per heavy atom. The zero-order chi connectivity index (χ0) is 20.3. The number of Topliss-reactive ketones (excluding diaryl/α,β-unsaturated/α-hetero) is 1. The molecule has 0 radical (unpaired) electrons. The summed E-state index contributed by atoms with van der Waals surface area (Å²) in [5.41, 5.74) is 2.13. The molecule has 0 fully saturated rings. The van der Waals surface area contributed by atoms with Crippen LogP contribution in [0.2, 0.25) is 5.02 Å². The van der Waals surface area contributed by atoms with Crippen LogP contribution in [0, 0.1) is 5.82 Å². The zero-order valence-corrected chi connectivity index (χ0v) is 18.6. The van der Waals surface area contributed by atoms with Crippen LogP contribution in [-0.4, -0.2) is 40.6 Å². The predicted molar refractivity (Wildman–Crippen MR) is 116 cm³/mol. The van der Waals surface area contributed by atoms with Crippen molar-refractivity contribution in [2.24, 2.45) is 7.05 Å². The van der Waals surface area contributed by atoms with Gasteiger partial charge in [-0.25, -0.2) is 9.37 Å². The van der Waals surface area contributed by atoms with E-state index in [9.17, 15) is 4.79 Å². The number of carbonyl (C=O) groups excluding carboxylic acids is 1. The molecule has 1 heterocycles. The summed E-state index contributed by atoms with van der Waals surface area (Å²) in [6.07, 6.45) is 3.70. The third-order valence-electron chi connectivity index (χ3n) is 4.41. The van der Waals surface area contributed by atoms with Gasteiger partial charge in [0.15, 0.2) is 11.6 Å². The number of imidazole rings is 1. The van der Waals surface area contributed by atoms with Crippen LogP contribution in [0.1, 0.15) is 21.5 Å². The lowest BCUT2D eigenvalue weighted by Crippen LogP contribution is -2.15. The van der Waals surface area contributed by atoms with Crippen molar-refractivity contribution in [2.75, 3.05) is 25.2 Å². The number of hydrogen-bond donors (Lipinski definition) is 0. The van der Waals surface area contributed by atoms with Gasteiger partial charge < -0.3 is 9.30 Å². The first-order chi connectivity index (χ1) is 13.4. The van der Waals surface area contributed by atoms with Gasteiger partial charge in [-0.2, -0.15) is 11.8 Å². The Hall–Kier alpha value is -1.41. The average molecular weight is 486 g/mol. The van der Waals surface area contributed by atoms with Gasteiger partial charge in [-0.15, -0.1) is 0 Å². The number of benzene rings is 2. The zero-order valence-electron chi connectivity index (χ0n) is 15.5. The fourth-order valence-electron chi connectivity index (χ4n) is 2.93. The normalized spacial score (nSPS) is 11.3. The van der Waals surface area contributed by atoms with Gasteiger partial charge in [0.2, 0.25) is 0 Å². The summed E-state index contributed by atoms with van der Waals surface area (Å²) in [6.45, 7) is 0.377. The fraction of sp³-hybridized carbons (Fsp3) is 0.300. The second-order valence-corrected chi connectivity index (χ2v) is 8.63. The maximum atomic E-state index is 15.3. The fourth-order valence-corrected chi connectivity index (χ4v) is 3.95. The van der Waals surface area contributed by atoms with Crippen LogP contribution in [-0.2, 0) is 18.2 Å². The summed E-state index contributed by atoms with van der Waals surface area (Å²) < 4.78 is 23.3. The maximum Gasteiger partial charge on any atom is 0.188 e. The van der Waals surface area contributed by atoms with Gasteiger partial charge in [0.1, 0.15) is 12.1 Å². The monoisotopic (exact) mass is 484 g/mol. The molecule has 0 saturated carbocycles. The van der Waals surface area contributed by atoms with Crippen molar-refractivity contribution in [1.29, 1.82) is 0 Å². The number of aromatic nitrogens is 2. The summed E-state index contributed by atoms with van der Waals surface area (Å²) in [7, 11) is 1.77. The number of ether oxygens (including phenoxy) is 1. The Kier molecular flexibility index (Phi) is 7.15. The summed E-state index contributed by atoms with van der Waals surface area (Å²) in [4.78, 5) is 17.0. The van der Waals surface area contributed by atoms with E-state index in [-0.39, 0.29) is 29.9 Å². The first kappa shape index (κ1) is 21.3. The number of nitrogens with zero attached hydrogens (tertiary/aromatic N) is 2. The van der Waals surface area contributed by atoms with E-state index in [0.717, 1.165) is 15.8 Å². The van der Waals surface area contributed by atoms with Crippen LogP contribution in [0.4, 0.5) is 4.39 Å². The Morgan fingerprint density at radius 3 is 2.89 bits per heavy atom. The Morgan fingerprint density at radius 1 is 1.39 bits per heavy atom. The number of thioether (sulfide) groups is 1. The number of carbonyl (C=O) groups is 1. The first-order valence-corrected chi connectivity index (χ1v) is 11.1. The highest BCUT2D eigenvalue weighted by Crippen LogP contribution is 2.29. The first-order valence-electron chi connectivity index (χ1n) is 8.58. The van der Waals surface area contributed by atoms with E-state index >= 15 is 4.39 Å². The second kappa shape index (κ2) is 9.39. The van der Waals surface area contributed by atoms with Gasteiger partial charge in [-0.1, -0.05) is 33.6 Å². The molecule has 0 unspecified atom stereocenters. The molecule has 2 aromatic carbocycles. The minimum atomic E-state index is -0.496. The lowest BCUT2D eigenvalue weighted by atomic mass is 9.95. The van der Waals surface area contributed by atoms with E-state index in [1.807, 2.05) is 18.4 Å². The molecule has 148 valence electrons. The largest absolute Gasteiger partial charge is 0.372 e. The van der Waals surface area contributed by atoms with Crippen LogP contribution in [0.5, 0.6) is 0 Å². The van der Waals surface area contributed by atoms with Crippen molar-refractivity contribution in [3.8, 4) is 0 Å². The summed E-state index contributed by atoms with van der Waals surface area (Å²) in [5.74, 6) is 0.0416. The number of fused-ring (bicyclic) bond motifs is 1. The highest BCUT2D eigenvalue weighted by atomic mass is 79.9. The van der Waals surface area contributed by atoms with Gasteiger partial charge in [-0.3, -0.25) is 4.79 Å². The molecule has 0 bridgehead atoms. The van der Waals surface area contributed by atoms with Crippen LogP contribution in [0.25, 0.3) is 11.0 Å². The lowest BCUT2D eigenvalue weighted by molar-refractivity contribution is 0.0786. The molecular formula is C20H19BrClFN2O2S. The van der Waals surface area contributed by atoms with E-state index in [2.05, 4.69) is 20.9 Å². The molecule has 0 saturated heterocycles. The van der Waals surface area contributed by atoms with Crippen LogP contribution in [0.3, 0.4) is 0 Å². The number of ketones is 1. The van der Waals surface area contributed by atoms with Gasteiger partial charge in [0.25, 0.3) is 0 Å². The predicted octanol–water partition coefficient (Wildman–Crippen LogP) is 5.28. The molecule has 0 aliphatic carbocycles. The summed E-state index contributed by atoms with van der Waals surface area (Å²) in [6, 6.07) is 7.10. The van der Waals surface area contributed by atoms with Crippen LogP contribution >= 0.6 is 39.3 Å². The number of hydrogen-bond acceptors (Lipinski definition) is 4. The third kappa shape index (κ3) is 4.59. The van der Waals surface area contributed by atoms with Crippen molar-refractivity contribution >= 4 is 56.1 Å². The standard InChI is InChI=1S/C20H19BrClFN2O2S/c1-25-11-24-20-17(25)9-14(18(26)10-27-5-6-28-2)15(19(20)23)7-12-3-4-13(21)8-16(12)22/h3-4,8-9,11H,5-7,10H2,1-2H3. The molecule has 0 amide bonds. The van der Waals surface area contributed by atoms with Gasteiger partial charge in [-0.05, 0) is 30.0 Å². The van der Waals surface area contributed by atoms with E-state index < -0.39 is 5.82 Å². The van der Waals surface area contributed by atoms with Crippen molar-refractivity contribution < 1.29 is 13.9 Å². The lowest BCUT2D eigenvalue weighted by Gasteiger charge is -2.13. The van der Waals surface area contributed by atoms with E-state index in [0.29, 0.717) is 22.7 Å². The van der Waals surface area contributed by atoms with Crippen molar-refractivity contribution in [3.63, 3.8) is 0 Å². The van der Waals surface area contributed by atoms with E-state index in [4.69, 9.17) is 16.3 Å². The number of rotatable bonds is 8. The topological polar surface area (TPSA) is 44.1 Å². The van der Waals surface area contributed by atoms with Gasteiger partial charge in [0.05, 0.1) is 18.5 Å². The molecule has 4 nitrogen and oxygen atoms in total. The summed E-state index contributed by atoms with van der Waals surface area (Å²) in [5, 5.41) is 0.504. The molecule has 0 aliphatic rings. The number of aryl methyl sites for hydroxylation is 1. The molecule has 0 N–H and O–H groups in total.